The van der Waals surface area contributed by atoms with E-state index in [1.165, 1.54) is 12.6 Å². The molecule has 1 fully saturated rings. The molecule has 4 N–H and O–H groups in total. The van der Waals surface area contributed by atoms with Crippen LogP contribution in [0.1, 0.15) is 23.7 Å². The van der Waals surface area contributed by atoms with Gasteiger partial charge in [0.15, 0.2) is 0 Å². The highest BCUT2D eigenvalue weighted by atomic mass is 16.1. The zero-order valence-electron chi connectivity index (χ0n) is 9.23. The lowest BCUT2D eigenvalue weighted by Gasteiger charge is -2.08. The molecule has 1 saturated carbocycles. The SMILES string of the molecule is CC1CC1CNC(=O)c1ccncc1NN. The Hall–Kier alpha value is -1.62. The van der Waals surface area contributed by atoms with Crippen molar-refractivity contribution in [3.05, 3.63) is 24.0 Å². The minimum absolute atomic E-state index is 0.102. The third-order valence-corrected chi connectivity index (χ3v) is 3.02. The molecule has 1 aliphatic rings. The molecule has 5 nitrogen and oxygen atoms in total. The van der Waals surface area contributed by atoms with Crippen LogP contribution in [0.2, 0.25) is 0 Å². The molecule has 1 aromatic rings. The van der Waals surface area contributed by atoms with Gasteiger partial charge in [0.05, 0.1) is 17.4 Å². The van der Waals surface area contributed by atoms with Crippen LogP contribution in [0.25, 0.3) is 0 Å². The van der Waals surface area contributed by atoms with Crippen molar-refractivity contribution in [2.45, 2.75) is 13.3 Å². The molecule has 86 valence electrons. The highest BCUT2D eigenvalue weighted by Crippen LogP contribution is 2.36. The molecular formula is C11H16N4O. The number of nitrogens with zero attached hydrogens (tertiary/aromatic N) is 1. The third kappa shape index (κ3) is 2.30. The van der Waals surface area contributed by atoms with Gasteiger partial charge in [0, 0.05) is 12.7 Å². The Morgan fingerprint density at radius 3 is 3.06 bits per heavy atom. The minimum Gasteiger partial charge on any atom is -0.352 e. The van der Waals surface area contributed by atoms with Gasteiger partial charge in [0.25, 0.3) is 5.91 Å². The summed E-state index contributed by atoms with van der Waals surface area (Å²) < 4.78 is 0. The fourth-order valence-corrected chi connectivity index (χ4v) is 1.71. The van der Waals surface area contributed by atoms with E-state index in [9.17, 15) is 4.79 Å². The van der Waals surface area contributed by atoms with Gasteiger partial charge >= 0.3 is 0 Å². The minimum atomic E-state index is -0.102. The molecule has 1 aliphatic carbocycles. The molecule has 2 unspecified atom stereocenters. The standard InChI is InChI=1S/C11H16N4O/c1-7-4-8(7)5-14-11(16)9-2-3-13-6-10(9)15-12/h2-3,6-8,15H,4-5,12H2,1H3,(H,14,16). The first-order valence-electron chi connectivity index (χ1n) is 5.41. The zero-order valence-corrected chi connectivity index (χ0v) is 9.23. The number of hydrogen-bond acceptors (Lipinski definition) is 4. The summed E-state index contributed by atoms with van der Waals surface area (Å²) in [5, 5.41) is 2.90. The van der Waals surface area contributed by atoms with Gasteiger partial charge in [-0.25, -0.2) is 0 Å². The molecule has 1 heterocycles. The fourth-order valence-electron chi connectivity index (χ4n) is 1.71. The number of rotatable bonds is 4. The van der Waals surface area contributed by atoms with Crippen molar-refractivity contribution in [1.82, 2.24) is 10.3 Å². The summed E-state index contributed by atoms with van der Waals surface area (Å²) in [6.07, 6.45) is 4.32. The smallest absolute Gasteiger partial charge is 0.253 e. The zero-order chi connectivity index (χ0) is 11.5. The summed E-state index contributed by atoms with van der Waals surface area (Å²) in [4.78, 5) is 15.7. The molecule has 1 amide bonds. The van der Waals surface area contributed by atoms with Gasteiger partial charge < -0.3 is 10.7 Å². The van der Waals surface area contributed by atoms with Gasteiger partial charge in [-0.05, 0) is 24.3 Å². The molecular weight excluding hydrogens is 204 g/mol. The molecule has 2 rings (SSSR count). The number of aromatic nitrogens is 1. The molecule has 1 aromatic heterocycles. The van der Waals surface area contributed by atoms with Gasteiger partial charge in [0.2, 0.25) is 0 Å². The normalized spacial score (nSPS) is 22.6. The first kappa shape index (κ1) is 10.9. The lowest BCUT2D eigenvalue weighted by atomic mass is 10.2. The summed E-state index contributed by atoms with van der Waals surface area (Å²) >= 11 is 0. The van der Waals surface area contributed by atoms with Crippen molar-refractivity contribution in [3.63, 3.8) is 0 Å². The highest BCUT2D eigenvalue weighted by Gasteiger charge is 2.32. The number of hydrogen-bond donors (Lipinski definition) is 3. The maximum absolute atomic E-state index is 11.8. The molecule has 0 aliphatic heterocycles. The van der Waals surface area contributed by atoms with Gasteiger partial charge in [-0.1, -0.05) is 6.92 Å². The summed E-state index contributed by atoms with van der Waals surface area (Å²) in [6, 6.07) is 1.65. The van der Waals surface area contributed by atoms with E-state index in [2.05, 4.69) is 22.7 Å². The lowest BCUT2D eigenvalue weighted by molar-refractivity contribution is 0.0952. The van der Waals surface area contributed by atoms with Crippen molar-refractivity contribution >= 4 is 11.6 Å². The molecule has 0 aromatic carbocycles. The average molecular weight is 220 g/mol. The molecule has 0 bridgehead atoms. The summed E-state index contributed by atoms with van der Waals surface area (Å²) in [5.74, 6) is 6.59. The Morgan fingerprint density at radius 1 is 1.69 bits per heavy atom. The second-order valence-corrected chi connectivity index (χ2v) is 4.25. The summed E-state index contributed by atoms with van der Waals surface area (Å²) in [6.45, 7) is 2.93. The molecule has 0 radical (unpaired) electrons. The largest absolute Gasteiger partial charge is 0.352 e. The van der Waals surface area contributed by atoms with Crippen LogP contribution in [0.4, 0.5) is 5.69 Å². The maximum atomic E-state index is 11.8. The summed E-state index contributed by atoms with van der Waals surface area (Å²) in [7, 11) is 0. The van der Waals surface area contributed by atoms with Crippen LogP contribution < -0.4 is 16.6 Å². The Morgan fingerprint density at radius 2 is 2.44 bits per heavy atom. The number of nitrogen functional groups attached to an aromatic ring is 1. The fraction of sp³-hybridized carbons (Fsp3) is 0.455. The molecule has 16 heavy (non-hydrogen) atoms. The predicted molar refractivity (Wildman–Crippen MR) is 61.7 cm³/mol. The summed E-state index contributed by atoms with van der Waals surface area (Å²) in [5.41, 5.74) is 3.54. The number of nitrogens with one attached hydrogen (secondary N) is 2. The number of amides is 1. The molecule has 2 atom stereocenters. The van der Waals surface area contributed by atoms with E-state index >= 15 is 0 Å². The van der Waals surface area contributed by atoms with Crippen LogP contribution in [0.5, 0.6) is 0 Å². The Kier molecular flexibility index (Phi) is 3.05. The van der Waals surface area contributed by atoms with Crippen LogP contribution in [-0.4, -0.2) is 17.4 Å². The average Bonchev–Trinajstić information content (AvgIpc) is 3.02. The predicted octanol–water partition coefficient (Wildman–Crippen LogP) is 0.753. The van der Waals surface area contributed by atoms with E-state index in [0.717, 1.165) is 12.5 Å². The monoisotopic (exact) mass is 220 g/mol. The van der Waals surface area contributed by atoms with Crippen molar-refractivity contribution in [2.75, 3.05) is 12.0 Å². The van der Waals surface area contributed by atoms with Crippen LogP contribution in [0, 0.1) is 11.8 Å². The van der Waals surface area contributed by atoms with Crippen molar-refractivity contribution < 1.29 is 4.79 Å². The highest BCUT2D eigenvalue weighted by molar-refractivity contribution is 5.99. The second kappa shape index (κ2) is 4.49. The molecule has 5 heteroatoms. The Balaban J connectivity index is 1.97. The number of nitrogens with two attached hydrogens (primary N) is 1. The van der Waals surface area contributed by atoms with E-state index in [1.807, 2.05) is 0 Å². The van der Waals surface area contributed by atoms with E-state index < -0.39 is 0 Å². The van der Waals surface area contributed by atoms with E-state index in [1.54, 1.807) is 12.3 Å². The van der Waals surface area contributed by atoms with Gasteiger partial charge in [0.1, 0.15) is 0 Å². The maximum Gasteiger partial charge on any atom is 0.253 e. The number of carbonyl (C=O) groups excluding carboxylic acids is 1. The Labute approximate surface area is 94.4 Å². The van der Waals surface area contributed by atoms with E-state index in [-0.39, 0.29) is 5.91 Å². The second-order valence-electron chi connectivity index (χ2n) is 4.25. The van der Waals surface area contributed by atoms with E-state index in [0.29, 0.717) is 17.2 Å². The number of pyridine rings is 1. The first-order chi connectivity index (χ1) is 7.72. The third-order valence-electron chi connectivity index (χ3n) is 3.02. The van der Waals surface area contributed by atoms with Crippen LogP contribution in [0.15, 0.2) is 18.5 Å². The quantitative estimate of drug-likeness (QED) is 0.517. The van der Waals surface area contributed by atoms with Crippen LogP contribution in [-0.2, 0) is 0 Å². The van der Waals surface area contributed by atoms with Gasteiger partial charge in [-0.15, -0.1) is 0 Å². The molecule has 0 spiro atoms. The van der Waals surface area contributed by atoms with Crippen molar-refractivity contribution in [1.29, 1.82) is 0 Å². The topological polar surface area (TPSA) is 80.0 Å². The van der Waals surface area contributed by atoms with E-state index in [4.69, 9.17) is 5.84 Å². The lowest BCUT2D eigenvalue weighted by Crippen LogP contribution is -2.27. The molecule has 0 saturated heterocycles. The number of anilines is 1. The number of hydrazine groups is 1. The Bertz CT molecular complexity index is 393. The van der Waals surface area contributed by atoms with Crippen molar-refractivity contribution in [3.8, 4) is 0 Å². The van der Waals surface area contributed by atoms with Crippen molar-refractivity contribution in [2.24, 2.45) is 17.7 Å². The van der Waals surface area contributed by atoms with Crippen LogP contribution in [0.3, 0.4) is 0 Å². The van der Waals surface area contributed by atoms with Gasteiger partial charge in [-0.2, -0.15) is 0 Å². The van der Waals surface area contributed by atoms with Crippen LogP contribution >= 0.6 is 0 Å². The van der Waals surface area contributed by atoms with Gasteiger partial charge in [-0.3, -0.25) is 15.6 Å². The number of carbonyl (C=O) groups is 1. The first-order valence-corrected chi connectivity index (χ1v) is 5.41.